The lowest BCUT2D eigenvalue weighted by atomic mass is 10.2. The second kappa shape index (κ2) is 3.24. The fourth-order valence-electron chi connectivity index (χ4n) is 1.38. The molecule has 0 amide bonds. The molecule has 0 saturated heterocycles. The van der Waals surface area contributed by atoms with Crippen molar-refractivity contribution in [3.63, 3.8) is 0 Å². The zero-order valence-electron chi connectivity index (χ0n) is 7.17. The van der Waals surface area contributed by atoms with Crippen LogP contribution in [0.5, 0.6) is 0 Å². The van der Waals surface area contributed by atoms with E-state index < -0.39 is 0 Å². The van der Waals surface area contributed by atoms with Gasteiger partial charge < -0.3 is 10.3 Å². The molecule has 2 aromatic rings. The van der Waals surface area contributed by atoms with E-state index >= 15 is 0 Å². The number of hydrogen-bond acceptors (Lipinski definition) is 1. The highest BCUT2D eigenvalue weighted by molar-refractivity contribution is 5.90. The van der Waals surface area contributed by atoms with Crippen LogP contribution in [0.15, 0.2) is 30.5 Å². The lowest BCUT2D eigenvalue weighted by Crippen LogP contribution is -1.98. The first-order valence-corrected chi connectivity index (χ1v) is 4.15. The van der Waals surface area contributed by atoms with Gasteiger partial charge in [-0.2, -0.15) is 0 Å². The number of aromatic nitrogens is 1. The average molecular weight is 170 g/mol. The molecule has 0 fully saturated rings. The minimum atomic E-state index is 0.554. The minimum absolute atomic E-state index is 0.554. The number of aromatic amines is 1. The van der Waals surface area contributed by atoms with Crippen LogP contribution in [0.25, 0.3) is 10.9 Å². The van der Waals surface area contributed by atoms with Gasteiger partial charge >= 0.3 is 0 Å². The standard InChI is InChI=1S/C11H10N2/c1-2-7-12-10-5-3-4-9-6-8-13-11(9)10/h1,3-6,8,12-13H,7H2. The van der Waals surface area contributed by atoms with Gasteiger partial charge in [0.05, 0.1) is 17.7 Å². The largest absolute Gasteiger partial charge is 0.372 e. The summed E-state index contributed by atoms with van der Waals surface area (Å²) in [5, 5.41) is 4.35. The lowest BCUT2D eigenvalue weighted by molar-refractivity contribution is 1.37. The molecule has 13 heavy (non-hydrogen) atoms. The fourth-order valence-corrected chi connectivity index (χ4v) is 1.38. The topological polar surface area (TPSA) is 27.8 Å². The Labute approximate surface area is 77.0 Å². The van der Waals surface area contributed by atoms with E-state index in [1.165, 1.54) is 5.39 Å². The summed E-state index contributed by atoms with van der Waals surface area (Å²) in [4.78, 5) is 3.17. The zero-order chi connectivity index (χ0) is 9.10. The summed E-state index contributed by atoms with van der Waals surface area (Å²) >= 11 is 0. The summed E-state index contributed by atoms with van der Waals surface area (Å²) in [7, 11) is 0. The smallest absolute Gasteiger partial charge is 0.0764 e. The van der Waals surface area contributed by atoms with E-state index in [0.717, 1.165) is 11.2 Å². The first kappa shape index (κ1) is 7.75. The summed E-state index contributed by atoms with van der Waals surface area (Å²) in [6.07, 6.45) is 7.10. The molecule has 1 aromatic carbocycles. The predicted molar refractivity (Wildman–Crippen MR) is 55.6 cm³/mol. The van der Waals surface area contributed by atoms with Gasteiger partial charge in [0, 0.05) is 11.6 Å². The Kier molecular flexibility index (Phi) is 1.93. The lowest BCUT2D eigenvalue weighted by Gasteiger charge is -2.03. The monoisotopic (exact) mass is 170 g/mol. The van der Waals surface area contributed by atoms with Crippen LogP contribution in [0.2, 0.25) is 0 Å². The number of hydrogen-bond donors (Lipinski definition) is 2. The van der Waals surface area contributed by atoms with Crippen LogP contribution in [0, 0.1) is 12.3 Å². The van der Waals surface area contributed by atoms with E-state index in [1.54, 1.807) is 0 Å². The van der Waals surface area contributed by atoms with Crippen LogP contribution in [0.1, 0.15) is 0 Å². The Balaban J connectivity index is 2.44. The van der Waals surface area contributed by atoms with Gasteiger partial charge in [0.25, 0.3) is 0 Å². The number of fused-ring (bicyclic) bond motifs is 1. The summed E-state index contributed by atoms with van der Waals surface area (Å²) in [5.74, 6) is 2.55. The molecule has 0 aliphatic heterocycles. The molecule has 2 heteroatoms. The van der Waals surface area contributed by atoms with Crippen molar-refractivity contribution in [3.8, 4) is 12.3 Å². The Morgan fingerprint density at radius 3 is 3.15 bits per heavy atom. The highest BCUT2D eigenvalue weighted by atomic mass is 14.9. The molecule has 2 nitrogen and oxygen atoms in total. The van der Waals surface area contributed by atoms with Crippen LogP contribution < -0.4 is 5.32 Å². The number of anilines is 1. The number of rotatable bonds is 2. The summed E-state index contributed by atoms with van der Waals surface area (Å²) in [6, 6.07) is 8.12. The Bertz CT molecular complexity index is 448. The average Bonchev–Trinajstić information content (AvgIpc) is 2.62. The molecular weight excluding hydrogens is 160 g/mol. The van der Waals surface area contributed by atoms with Crippen LogP contribution in [-0.2, 0) is 0 Å². The summed E-state index contributed by atoms with van der Waals surface area (Å²) < 4.78 is 0. The second-order valence-corrected chi connectivity index (χ2v) is 2.81. The first-order valence-electron chi connectivity index (χ1n) is 4.15. The molecule has 1 heterocycles. The van der Waals surface area contributed by atoms with Crippen molar-refractivity contribution < 1.29 is 0 Å². The van der Waals surface area contributed by atoms with Crippen molar-refractivity contribution in [1.29, 1.82) is 0 Å². The normalized spacial score (nSPS) is 9.77. The van der Waals surface area contributed by atoms with E-state index in [9.17, 15) is 0 Å². The Morgan fingerprint density at radius 2 is 2.31 bits per heavy atom. The SMILES string of the molecule is C#CCNc1cccc2cc[nH]c12. The van der Waals surface area contributed by atoms with Gasteiger partial charge in [-0.15, -0.1) is 6.42 Å². The van der Waals surface area contributed by atoms with Crippen molar-refractivity contribution in [3.05, 3.63) is 30.5 Å². The van der Waals surface area contributed by atoms with Crippen molar-refractivity contribution in [1.82, 2.24) is 4.98 Å². The van der Waals surface area contributed by atoms with E-state index in [2.05, 4.69) is 22.3 Å². The minimum Gasteiger partial charge on any atom is -0.372 e. The maximum atomic E-state index is 5.17. The van der Waals surface area contributed by atoms with Crippen LogP contribution in [0.3, 0.4) is 0 Å². The molecule has 1 aromatic heterocycles. The molecule has 0 atom stereocenters. The molecule has 0 radical (unpaired) electrons. The molecule has 2 N–H and O–H groups in total. The molecule has 2 rings (SSSR count). The van der Waals surface area contributed by atoms with Gasteiger partial charge in [0.1, 0.15) is 0 Å². The van der Waals surface area contributed by atoms with E-state index in [1.807, 2.05) is 24.4 Å². The van der Waals surface area contributed by atoms with E-state index in [0.29, 0.717) is 6.54 Å². The third-order valence-corrected chi connectivity index (χ3v) is 1.97. The fraction of sp³-hybridized carbons (Fsp3) is 0.0909. The quantitative estimate of drug-likeness (QED) is 0.664. The molecule has 64 valence electrons. The summed E-state index contributed by atoms with van der Waals surface area (Å²) in [6.45, 7) is 0.554. The van der Waals surface area contributed by atoms with Crippen molar-refractivity contribution in [2.45, 2.75) is 0 Å². The molecule has 0 unspecified atom stereocenters. The molecule has 0 spiro atoms. The van der Waals surface area contributed by atoms with Crippen molar-refractivity contribution >= 4 is 16.6 Å². The number of benzene rings is 1. The van der Waals surface area contributed by atoms with E-state index in [4.69, 9.17) is 6.42 Å². The van der Waals surface area contributed by atoms with Gasteiger partial charge in [-0.05, 0) is 12.1 Å². The van der Waals surface area contributed by atoms with Crippen molar-refractivity contribution in [2.75, 3.05) is 11.9 Å². The van der Waals surface area contributed by atoms with Crippen LogP contribution in [0.4, 0.5) is 5.69 Å². The van der Waals surface area contributed by atoms with Gasteiger partial charge in [0.2, 0.25) is 0 Å². The number of nitrogens with one attached hydrogen (secondary N) is 2. The number of para-hydroxylation sites is 1. The van der Waals surface area contributed by atoms with E-state index in [-0.39, 0.29) is 0 Å². The van der Waals surface area contributed by atoms with Gasteiger partial charge in [0.15, 0.2) is 0 Å². The number of H-pyrrole nitrogens is 1. The highest BCUT2D eigenvalue weighted by Crippen LogP contribution is 2.20. The molecule has 0 bridgehead atoms. The highest BCUT2D eigenvalue weighted by Gasteiger charge is 1.98. The van der Waals surface area contributed by atoms with Gasteiger partial charge in [-0.1, -0.05) is 18.1 Å². The van der Waals surface area contributed by atoms with Gasteiger partial charge in [-0.25, -0.2) is 0 Å². The maximum absolute atomic E-state index is 5.17. The Hall–Kier alpha value is -1.88. The van der Waals surface area contributed by atoms with Crippen molar-refractivity contribution in [2.24, 2.45) is 0 Å². The Morgan fingerprint density at radius 1 is 1.38 bits per heavy atom. The molecular formula is C11H10N2. The van der Waals surface area contributed by atoms with Gasteiger partial charge in [-0.3, -0.25) is 0 Å². The second-order valence-electron chi connectivity index (χ2n) is 2.81. The zero-order valence-corrected chi connectivity index (χ0v) is 7.17. The third-order valence-electron chi connectivity index (χ3n) is 1.97. The van der Waals surface area contributed by atoms with Crippen LogP contribution in [-0.4, -0.2) is 11.5 Å². The predicted octanol–water partition coefficient (Wildman–Crippen LogP) is 2.21. The molecule has 0 saturated carbocycles. The summed E-state index contributed by atoms with van der Waals surface area (Å²) in [5.41, 5.74) is 2.17. The molecule has 0 aliphatic rings. The molecule has 0 aliphatic carbocycles. The first-order chi connectivity index (χ1) is 6.42. The maximum Gasteiger partial charge on any atom is 0.0764 e. The number of terminal acetylenes is 1. The van der Waals surface area contributed by atoms with Crippen LogP contribution >= 0.6 is 0 Å². The third kappa shape index (κ3) is 1.36.